The number of nitrogens with one attached hydrogen (secondary N) is 2. The van der Waals surface area contributed by atoms with Crippen molar-refractivity contribution in [3.63, 3.8) is 0 Å². The lowest BCUT2D eigenvalue weighted by molar-refractivity contribution is -0.205. The van der Waals surface area contributed by atoms with Crippen LogP contribution < -0.4 is 15.6 Å². The first kappa shape index (κ1) is 31.3. The Bertz CT molecular complexity index is 1440. The summed E-state index contributed by atoms with van der Waals surface area (Å²) in [4.78, 5) is 46.6. The second-order valence-corrected chi connectivity index (χ2v) is 14.1. The van der Waals surface area contributed by atoms with Crippen LogP contribution in [-0.2, 0) is 14.3 Å². The molecule has 0 spiro atoms. The van der Waals surface area contributed by atoms with Gasteiger partial charge in [0.1, 0.15) is 23.5 Å². The van der Waals surface area contributed by atoms with E-state index >= 15 is 0 Å². The van der Waals surface area contributed by atoms with Gasteiger partial charge in [-0.3, -0.25) is 14.4 Å². The van der Waals surface area contributed by atoms with Crippen molar-refractivity contribution in [2.75, 3.05) is 18.2 Å². The maximum Gasteiger partial charge on any atom is 0.316 e. The summed E-state index contributed by atoms with van der Waals surface area (Å²) in [6.45, 7) is 12.4. The van der Waals surface area contributed by atoms with Gasteiger partial charge in [0.2, 0.25) is 0 Å². The first-order valence-corrected chi connectivity index (χ1v) is 16.0. The summed E-state index contributed by atoms with van der Waals surface area (Å²) >= 11 is 1.08. The second-order valence-electron chi connectivity index (χ2n) is 13.1. The van der Waals surface area contributed by atoms with Crippen LogP contribution in [0.25, 0.3) is 0 Å². The van der Waals surface area contributed by atoms with E-state index in [1.165, 1.54) is 6.07 Å². The van der Waals surface area contributed by atoms with Crippen molar-refractivity contribution in [3.8, 4) is 5.75 Å². The lowest BCUT2D eigenvalue weighted by atomic mass is 9.44. The highest BCUT2D eigenvalue weighted by atomic mass is 32.2. The SMILES string of the molecule is C=C[C@]1(C)C[C@@H](OC(=O)CSc2nc(Nc3ccc(OC)cc3)cc(=O)[nH]2)[C@]2(C)[C@H](C)CC[C@]3(CCC(=O)[C@H]32)[C@@H](C)[C@@H]1O. The highest BCUT2D eigenvalue weighted by molar-refractivity contribution is 7.99. The van der Waals surface area contributed by atoms with Crippen LogP contribution in [-0.4, -0.2) is 51.9 Å². The van der Waals surface area contributed by atoms with E-state index in [0.29, 0.717) is 24.4 Å². The summed E-state index contributed by atoms with van der Waals surface area (Å²) in [7, 11) is 1.59. The third-order valence-electron chi connectivity index (χ3n) is 11.0. The number of hydrogen-bond acceptors (Lipinski definition) is 9. The summed E-state index contributed by atoms with van der Waals surface area (Å²) in [6.07, 6.45) is 3.87. The molecule has 1 aromatic heterocycles. The fourth-order valence-electron chi connectivity index (χ4n) is 8.21. The van der Waals surface area contributed by atoms with Crippen molar-refractivity contribution in [1.82, 2.24) is 9.97 Å². The molecule has 232 valence electrons. The number of nitrogens with zero attached hydrogens (tertiary/aromatic N) is 1. The number of hydrogen-bond donors (Lipinski definition) is 3. The number of carbonyl (C=O) groups is 2. The third-order valence-corrected chi connectivity index (χ3v) is 11.8. The molecule has 2 bridgehead atoms. The predicted molar refractivity (Wildman–Crippen MR) is 166 cm³/mol. The number of ether oxygens (including phenoxy) is 2. The fraction of sp³-hybridized carbons (Fsp3) is 0.576. The summed E-state index contributed by atoms with van der Waals surface area (Å²) in [5, 5.41) is 15.1. The zero-order chi connectivity index (χ0) is 31.2. The number of ketones is 1. The first-order chi connectivity index (χ1) is 20.4. The van der Waals surface area contributed by atoms with Gasteiger partial charge in [0, 0.05) is 34.9 Å². The van der Waals surface area contributed by atoms with E-state index in [9.17, 15) is 19.5 Å². The van der Waals surface area contributed by atoms with Gasteiger partial charge in [-0.2, -0.15) is 0 Å². The van der Waals surface area contributed by atoms with E-state index in [-0.39, 0.29) is 45.4 Å². The van der Waals surface area contributed by atoms with Crippen molar-refractivity contribution in [3.05, 3.63) is 53.3 Å². The highest BCUT2D eigenvalue weighted by Gasteiger charge is 2.68. The lowest BCUT2D eigenvalue weighted by Gasteiger charge is -2.61. The maximum atomic E-state index is 13.6. The van der Waals surface area contributed by atoms with E-state index < -0.39 is 29.0 Å². The predicted octanol–water partition coefficient (Wildman–Crippen LogP) is 5.52. The highest BCUT2D eigenvalue weighted by Crippen LogP contribution is 2.68. The number of carbonyl (C=O) groups excluding carboxylic acids is 2. The number of H-pyrrole nitrogens is 1. The number of esters is 1. The molecule has 1 heterocycles. The Hall–Kier alpha value is -3.11. The minimum absolute atomic E-state index is 0.0800. The van der Waals surface area contributed by atoms with Crippen LogP contribution in [0.1, 0.15) is 59.8 Å². The van der Waals surface area contributed by atoms with Gasteiger partial charge in [-0.15, -0.1) is 6.58 Å². The van der Waals surface area contributed by atoms with Gasteiger partial charge in [0.25, 0.3) is 5.56 Å². The molecule has 3 aliphatic rings. The number of aromatic nitrogens is 2. The minimum atomic E-state index is -0.720. The number of benzene rings is 1. The molecule has 43 heavy (non-hydrogen) atoms. The summed E-state index contributed by atoms with van der Waals surface area (Å²) in [5.74, 6) is 0.496. The molecule has 9 nitrogen and oxygen atoms in total. The molecule has 0 radical (unpaired) electrons. The van der Waals surface area contributed by atoms with Gasteiger partial charge < -0.3 is 24.9 Å². The number of rotatable bonds is 8. The van der Waals surface area contributed by atoms with Crippen molar-refractivity contribution < 1.29 is 24.2 Å². The summed E-state index contributed by atoms with van der Waals surface area (Å²) in [6, 6.07) is 8.56. The standard InChI is InChI=1S/C33H43N3O6S/c1-7-31(4)17-24(32(5)19(2)12-14-33(20(3)29(31)40)15-13-23(37)28(32)33)42-27(39)18-43-30-35-25(16-26(38)36-30)34-21-8-10-22(41-6)11-9-21/h7-11,16,19-20,24,28-29,40H,1,12-15,17-18H2,2-6H3,(H2,34,35,36,38)/t19-,20+,24-,28+,29+,31-,32+,33+/m1/s1. The topological polar surface area (TPSA) is 131 Å². The number of aromatic amines is 1. The number of aliphatic hydroxyl groups excluding tert-OH is 1. The van der Waals surface area contributed by atoms with E-state index in [1.54, 1.807) is 25.3 Å². The third kappa shape index (κ3) is 5.52. The normalized spacial score (nSPS) is 35.3. The number of aliphatic hydroxyl groups is 1. The molecular weight excluding hydrogens is 566 g/mol. The van der Waals surface area contributed by atoms with Crippen molar-refractivity contribution in [2.24, 2.45) is 34.0 Å². The van der Waals surface area contributed by atoms with E-state index in [0.717, 1.165) is 36.7 Å². The summed E-state index contributed by atoms with van der Waals surface area (Å²) in [5.41, 5.74) is -1.24. The molecule has 8 atom stereocenters. The zero-order valence-electron chi connectivity index (χ0n) is 25.6. The quantitative estimate of drug-likeness (QED) is 0.153. The molecule has 3 fully saturated rings. The van der Waals surface area contributed by atoms with Crippen LogP contribution in [0.4, 0.5) is 11.5 Å². The van der Waals surface area contributed by atoms with Gasteiger partial charge in [0.15, 0.2) is 5.16 Å². The number of anilines is 2. The van der Waals surface area contributed by atoms with Crippen LogP contribution in [0, 0.1) is 34.0 Å². The van der Waals surface area contributed by atoms with E-state index in [2.05, 4.69) is 42.6 Å². The minimum Gasteiger partial charge on any atom is -0.497 e. The van der Waals surface area contributed by atoms with Crippen LogP contribution >= 0.6 is 11.8 Å². The van der Waals surface area contributed by atoms with Crippen molar-refractivity contribution in [1.29, 1.82) is 0 Å². The molecular formula is C33H43N3O6S. The average Bonchev–Trinajstić information content (AvgIpc) is 3.34. The Morgan fingerprint density at radius 1 is 1.23 bits per heavy atom. The molecule has 0 amide bonds. The van der Waals surface area contributed by atoms with Gasteiger partial charge in [-0.05, 0) is 67.2 Å². The molecule has 10 heteroatoms. The van der Waals surface area contributed by atoms with Crippen LogP contribution in [0.15, 0.2) is 52.9 Å². The smallest absolute Gasteiger partial charge is 0.316 e. The van der Waals surface area contributed by atoms with Gasteiger partial charge in [0.05, 0.1) is 19.0 Å². The number of methoxy groups -OCH3 is 1. The Labute approximate surface area is 257 Å². The van der Waals surface area contributed by atoms with Gasteiger partial charge in [-0.1, -0.05) is 45.5 Å². The molecule has 3 N–H and O–H groups in total. The van der Waals surface area contributed by atoms with E-state index in [4.69, 9.17) is 9.47 Å². The average molecular weight is 610 g/mol. The van der Waals surface area contributed by atoms with E-state index in [1.807, 2.05) is 19.1 Å². The lowest BCUT2D eigenvalue weighted by Crippen LogP contribution is -2.63. The molecule has 3 aliphatic carbocycles. The van der Waals surface area contributed by atoms with Crippen LogP contribution in [0.3, 0.4) is 0 Å². The Balaban J connectivity index is 1.37. The first-order valence-electron chi connectivity index (χ1n) is 15.1. The van der Waals surface area contributed by atoms with Gasteiger partial charge in [-0.25, -0.2) is 4.98 Å². The maximum absolute atomic E-state index is 13.6. The summed E-state index contributed by atoms with van der Waals surface area (Å²) < 4.78 is 11.5. The number of thioether (sulfide) groups is 1. The van der Waals surface area contributed by atoms with Crippen LogP contribution in [0.5, 0.6) is 5.75 Å². The Morgan fingerprint density at radius 3 is 2.63 bits per heavy atom. The van der Waals surface area contributed by atoms with Crippen molar-refractivity contribution in [2.45, 2.75) is 77.2 Å². The molecule has 0 unspecified atom stereocenters. The molecule has 1 aromatic carbocycles. The molecule has 2 aromatic rings. The largest absolute Gasteiger partial charge is 0.497 e. The van der Waals surface area contributed by atoms with Crippen molar-refractivity contribution >= 4 is 35.0 Å². The number of Topliss-reactive ketones (excluding diaryl/α,β-unsaturated/α-hetero) is 1. The zero-order valence-corrected chi connectivity index (χ0v) is 26.5. The van der Waals surface area contributed by atoms with Gasteiger partial charge >= 0.3 is 5.97 Å². The molecule has 3 saturated carbocycles. The molecule has 0 saturated heterocycles. The molecule has 0 aliphatic heterocycles. The Kier molecular flexibility index (Phi) is 8.57. The Morgan fingerprint density at radius 2 is 1.95 bits per heavy atom. The van der Waals surface area contributed by atoms with Crippen LogP contribution in [0.2, 0.25) is 0 Å². The molecule has 5 rings (SSSR count). The monoisotopic (exact) mass is 609 g/mol. The fourth-order valence-corrected chi connectivity index (χ4v) is 8.87. The second kappa shape index (κ2) is 11.8.